The fourth-order valence-electron chi connectivity index (χ4n) is 6.21. The van der Waals surface area contributed by atoms with Crippen LogP contribution in [-0.2, 0) is 5.41 Å². The van der Waals surface area contributed by atoms with Crippen molar-refractivity contribution >= 4 is 29.0 Å². The third-order valence-corrected chi connectivity index (χ3v) is 7.22. The molecule has 0 radical (unpaired) electrons. The highest BCUT2D eigenvalue weighted by Gasteiger charge is 2.57. The Morgan fingerprint density at radius 3 is 2.04 bits per heavy atom. The highest BCUT2D eigenvalue weighted by atomic mass is 35.5. The second kappa shape index (κ2) is 6.27. The van der Waals surface area contributed by atoms with Crippen molar-refractivity contribution in [1.29, 1.82) is 0 Å². The summed E-state index contributed by atoms with van der Waals surface area (Å²) >= 11 is 6.98. The zero-order valence-corrected chi connectivity index (χ0v) is 16.1. The van der Waals surface area contributed by atoms with Gasteiger partial charge < -0.3 is 10.6 Å². The topological polar surface area (TPSA) is 41.1 Å². The Morgan fingerprint density at radius 2 is 1.44 bits per heavy atom. The molecule has 27 heavy (non-hydrogen) atoms. The highest BCUT2D eigenvalue weighted by Crippen LogP contribution is 2.64. The lowest BCUT2D eigenvalue weighted by Crippen LogP contribution is -2.55. The fourth-order valence-corrected chi connectivity index (χ4v) is 6.90. The second-order valence-corrected chi connectivity index (χ2v) is 9.72. The van der Waals surface area contributed by atoms with Gasteiger partial charge in [-0.1, -0.05) is 30.3 Å². The largest absolute Gasteiger partial charge is 0.323 e. The average molecular weight is 381 g/mol. The first-order valence-electron chi connectivity index (χ1n) is 9.95. The lowest BCUT2D eigenvalue weighted by molar-refractivity contribution is 0.00900. The first kappa shape index (κ1) is 17.1. The molecule has 2 N–H and O–H groups in total. The summed E-state index contributed by atoms with van der Waals surface area (Å²) in [7, 11) is 0. The molecule has 4 fully saturated rings. The Morgan fingerprint density at radius 1 is 0.852 bits per heavy atom. The number of halogens is 1. The zero-order valence-electron chi connectivity index (χ0n) is 15.4. The third-order valence-electron chi connectivity index (χ3n) is 6.78. The van der Waals surface area contributed by atoms with Crippen LogP contribution in [0.15, 0.2) is 54.6 Å². The number of alkyl halides is 1. The van der Waals surface area contributed by atoms with Gasteiger partial charge in [0.25, 0.3) is 0 Å². The molecule has 4 aliphatic carbocycles. The SMILES string of the molecule is O=C(Nc1ccccc1)Nc1ccc(C23CC4CC(CC(Cl)(C4)C2)C3)cc1. The van der Waals surface area contributed by atoms with E-state index < -0.39 is 0 Å². The predicted octanol–water partition coefficient (Wildman–Crippen LogP) is 6.16. The fraction of sp³-hybridized carbons (Fsp3) is 0.435. The van der Waals surface area contributed by atoms with E-state index in [9.17, 15) is 4.79 Å². The summed E-state index contributed by atoms with van der Waals surface area (Å²) in [5.41, 5.74) is 3.25. The van der Waals surface area contributed by atoms with Crippen molar-refractivity contribution in [2.24, 2.45) is 11.8 Å². The number of hydrogen-bond acceptors (Lipinski definition) is 1. The van der Waals surface area contributed by atoms with Crippen molar-refractivity contribution in [2.45, 2.75) is 48.8 Å². The van der Waals surface area contributed by atoms with E-state index in [0.717, 1.165) is 29.6 Å². The number of hydrogen-bond donors (Lipinski definition) is 2. The number of urea groups is 1. The van der Waals surface area contributed by atoms with Gasteiger partial charge >= 0.3 is 6.03 Å². The van der Waals surface area contributed by atoms with Crippen molar-refractivity contribution in [1.82, 2.24) is 0 Å². The molecule has 0 aromatic heterocycles. The Hall–Kier alpha value is -2.00. The standard InChI is InChI=1S/C23H25ClN2O/c24-23-13-16-10-17(14-23)12-22(11-16,15-23)18-6-8-20(9-7-18)26-21(27)25-19-4-2-1-3-5-19/h1-9,16-17H,10-15H2,(H2,25,26,27). The molecule has 2 amide bonds. The van der Waals surface area contributed by atoms with Crippen LogP contribution in [0.25, 0.3) is 0 Å². The van der Waals surface area contributed by atoms with Gasteiger partial charge in [-0.3, -0.25) is 0 Å². The van der Waals surface area contributed by atoms with Crippen molar-refractivity contribution in [3.63, 3.8) is 0 Å². The van der Waals surface area contributed by atoms with Gasteiger partial charge in [-0.05, 0) is 85.6 Å². The number of nitrogens with one attached hydrogen (secondary N) is 2. The quantitative estimate of drug-likeness (QED) is 0.615. The maximum atomic E-state index is 12.2. The molecule has 6 rings (SSSR count). The Kier molecular flexibility index (Phi) is 3.98. The first-order valence-corrected chi connectivity index (χ1v) is 10.3. The van der Waals surface area contributed by atoms with E-state index in [-0.39, 0.29) is 16.3 Å². The van der Waals surface area contributed by atoms with E-state index in [1.807, 2.05) is 42.5 Å². The van der Waals surface area contributed by atoms with Crippen LogP contribution in [0.4, 0.5) is 16.2 Å². The van der Waals surface area contributed by atoms with Crippen LogP contribution in [0.3, 0.4) is 0 Å². The summed E-state index contributed by atoms with van der Waals surface area (Å²) in [6, 6.07) is 17.7. The number of amides is 2. The van der Waals surface area contributed by atoms with Crippen LogP contribution in [-0.4, -0.2) is 10.9 Å². The Balaban J connectivity index is 1.30. The number of carbonyl (C=O) groups excluding carboxylic acids is 1. The molecule has 0 saturated heterocycles. The monoisotopic (exact) mass is 380 g/mol. The van der Waals surface area contributed by atoms with Gasteiger partial charge in [0.1, 0.15) is 0 Å². The summed E-state index contributed by atoms with van der Waals surface area (Å²) in [6.45, 7) is 0. The molecule has 3 nitrogen and oxygen atoms in total. The van der Waals surface area contributed by atoms with E-state index in [1.54, 1.807) is 0 Å². The molecule has 0 aliphatic heterocycles. The molecule has 4 bridgehead atoms. The maximum absolute atomic E-state index is 12.2. The van der Waals surface area contributed by atoms with E-state index >= 15 is 0 Å². The number of para-hydroxylation sites is 1. The normalized spacial score (nSPS) is 33.7. The van der Waals surface area contributed by atoms with Gasteiger partial charge in [0.2, 0.25) is 0 Å². The molecule has 4 heteroatoms. The van der Waals surface area contributed by atoms with Crippen LogP contribution in [0.5, 0.6) is 0 Å². The molecule has 4 aliphatic rings. The predicted molar refractivity (Wildman–Crippen MR) is 110 cm³/mol. The van der Waals surface area contributed by atoms with Gasteiger partial charge in [-0.15, -0.1) is 11.6 Å². The first-order chi connectivity index (χ1) is 13.0. The number of anilines is 2. The summed E-state index contributed by atoms with van der Waals surface area (Å²) in [6.07, 6.45) is 7.43. The average Bonchev–Trinajstić information content (AvgIpc) is 2.61. The van der Waals surface area contributed by atoms with Crippen LogP contribution >= 0.6 is 11.6 Å². The molecule has 140 valence electrons. The van der Waals surface area contributed by atoms with Crippen molar-refractivity contribution in [3.05, 3.63) is 60.2 Å². The number of benzene rings is 2. The molecule has 2 unspecified atom stereocenters. The smallest absolute Gasteiger partial charge is 0.308 e. The van der Waals surface area contributed by atoms with Crippen LogP contribution in [0.1, 0.15) is 44.1 Å². The summed E-state index contributed by atoms with van der Waals surface area (Å²) in [4.78, 5) is 12.2. The minimum atomic E-state index is -0.219. The second-order valence-electron chi connectivity index (χ2n) is 8.91. The van der Waals surface area contributed by atoms with E-state index in [0.29, 0.717) is 0 Å². The number of rotatable bonds is 3. The van der Waals surface area contributed by atoms with Crippen molar-refractivity contribution < 1.29 is 4.79 Å². The minimum Gasteiger partial charge on any atom is -0.308 e. The zero-order chi connectivity index (χ0) is 18.5. The summed E-state index contributed by atoms with van der Waals surface area (Å²) < 4.78 is 0. The Bertz CT molecular complexity index is 834. The molecular formula is C23H25ClN2O. The van der Waals surface area contributed by atoms with Crippen LogP contribution < -0.4 is 10.6 Å². The minimum absolute atomic E-state index is 0.0244. The van der Waals surface area contributed by atoms with Crippen LogP contribution in [0.2, 0.25) is 0 Å². The van der Waals surface area contributed by atoms with E-state index in [1.165, 1.54) is 37.7 Å². The Labute approximate surface area is 165 Å². The molecule has 2 atom stereocenters. The lowest BCUT2D eigenvalue weighted by Gasteiger charge is -2.60. The molecule has 0 heterocycles. The molecule has 4 saturated carbocycles. The van der Waals surface area contributed by atoms with Gasteiger partial charge in [-0.2, -0.15) is 0 Å². The van der Waals surface area contributed by atoms with Gasteiger partial charge in [0.15, 0.2) is 0 Å². The molecule has 2 aromatic carbocycles. The van der Waals surface area contributed by atoms with Crippen molar-refractivity contribution in [2.75, 3.05) is 10.6 Å². The summed E-state index contributed by atoms with van der Waals surface area (Å²) in [5.74, 6) is 1.58. The van der Waals surface area contributed by atoms with E-state index in [4.69, 9.17) is 11.6 Å². The number of carbonyl (C=O) groups is 1. The molecular weight excluding hydrogens is 356 g/mol. The van der Waals surface area contributed by atoms with Gasteiger partial charge in [0.05, 0.1) is 0 Å². The van der Waals surface area contributed by atoms with Gasteiger partial charge in [0, 0.05) is 16.2 Å². The summed E-state index contributed by atoms with van der Waals surface area (Å²) in [5, 5.41) is 5.77. The van der Waals surface area contributed by atoms with E-state index in [2.05, 4.69) is 22.8 Å². The lowest BCUT2D eigenvalue weighted by atomic mass is 9.47. The van der Waals surface area contributed by atoms with Crippen LogP contribution in [0, 0.1) is 11.8 Å². The maximum Gasteiger partial charge on any atom is 0.323 e. The highest BCUT2D eigenvalue weighted by molar-refractivity contribution is 6.24. The van der Waals surface area contributed by atoms with Crippen molar-refractivity contribution in [3.8, 4) is 0 Å². The molecule has 2 aromatic rings. The molecule has 0 spiro atoms. The third kappa shape index (κ3) is 3.23. The van der Waals surface area contributed by atoms with Gasteiger partial charge in [-0.25, -0.2) is 4.79 Å².